The van der Waals surface area contributed by atoms with Crippen molar-refractivity contribution < 1.29 is 4.74 Å². The molecule has 2 fully saturated rings. The standard InChI is InChI=1S/C15H25N3O/c1-2-5-14(4-1)15-16-6-9-18(15)8-3-7-17-10-12-19-13-11-17/h6,9,14H,1-5,7-8,10-13H2. The van der Waals surface area contributed by atoms with Crippen molar-refractivity contribution in [1.82, 2.24) is 14.5 Å². The second-order valence-electron chi connectivity index (χ2n) is 5.77. The molecule has 2 aliphatic rings. The normalized spacial score (nSPS) is 22.1. The SMILES string of the molecule is c1cn(CCCN2CCOCC2)c(C2CCCC2)n1. The zero-order valence-corrected chi connectivity index (χ0v) is 11.8. The first-order valence-corrected chi connectivity index (χ1v) is 7.74. The van der Waals surface area contributed by atoms with Crippen LogP contribution in [0.15, 0.2) is 12.4 Å². The summed E-state index contributed by atoms with van der Waals surface area (Å²) in [6, 6.07) is 0. The minimum Gasteiger partial charge on any atom is -0.379 e. The summed E-state index contributed by atoms with van der Waals surface area (Å²) < 4.78 is 7.77. The zero-order valence-electron chi connectivity index (χ0n) is 11.8. The Bertz CT molecular complexity index is 378. The highest BCUT2D eigenvalue weighted by Crippen LogP contribution is 2.33. The summed E-state index contributed by atoms with van der Waals surface area (Å²) in [5.74, 6) is 2.05. The molecule has 0 atom stereocenters. The van der Waals surface area contributed by atoms with Gasteiger partial charge in [-0.25, -0.2) is 4.98 Å². The van der Waals surface area contributed by atoms with E-state index in [9.17, 15) is 0 Å². The Morgan fingerprint density at radius 2 is 1.95 bits per heavy atom. The number of imidazole rings is 1. The molecule has 4 nitrogen and oxygen atoms in total. The Morgan fingerprint density at radius 1 is 1.16 bits per heavy atom. The highest BCUT2D eigenvalue weighted by molar-refractivity contribution is 5.02. The molecule has 0 unspecified atom stereocenters. The second kappa shape index (κ2) is 6.53. The van der Waals surface area contributed by atoms with Crippen molar-refractivity contribution in [3.05, 3.63) is 18.2 Å². The van der Waals surface area contributed by atoms with E-state index in [1.807, 2.05) is 6.20 Å². The molecule has 0 spiro atoms. The molecular weight excluding hydrogens is 238 g/mol. The predicted octanol–water partition coefficient (Wildman–Crippen LogP) is 2.26. The van der Waals surface area contributed by atoms with E-state index >= 15 is 0 Å². The summed E-state index contributed by atoms with van der Waals surface area (Å²) in [6.45, 7) is 6.30. The molecule has 1 aliphatic carbocycles. The molecule has 0 radical (unpaired) electrons. The van der Waals surface area contributed by atoms with Crippen LogP contribution >= 0.6 is 0 Å². The van der Waals surface area contributed by atoms with Gasteiger partial charge in [0.1, 0.15) is 5.82 Å². The molecule has 1 aromatic heterocycles. The molecule has 4 heteroatoms. The van der Waals surface area contributed by atoms with Gasteiger partial charge in [0.2, 0.25) is 0 Å². The van der Waals surface area contributed by atoms with Crippen molar-refractivity contribution >= 4 is 0 Å². The van der Waals surface area contributed by atoms with Crippen LogP contribution in [0.5, 0.6) is 0 Å². The van der Waals surface area contributed by atoms with Crippen LogP contribution in [0, 0.1) is 0 Å². The van der Waals surface area contributed by atoms with Crippen LogP contribution in [0.4, 0.5) is 0 Å². The molecule has 0 N–H and O–H groups in total. The van der Waals surface area contributed by atoms with Crippen molar-refractivity contribution in [1.29, 1.82) is 0 Å². The van der Waals surface area contributed by atoms with Gasteiger partial charge in [-0.2, -0.15) is 0 Å². The van der Waals surface area contributed by atoms with E-state index in [1.165, 1.54) is 44.5 Å². The average molecular weight is 263 g/mol. The van der Waals surface area contributed by atoms with Gasteiger partial charge in [-0.3, -0.25) is 4.90 Å². The fourth-order valence-electron chi connectivity index (χ4n) is 3.34. The summed E-state index contributed by atoms with van der Waals surface area (Å²) >= 11 is 0. The van der Waals surface area contributed by atoms with Crippen molar-refractivity contribution in [2.75, 3.05) is 32.8 Å². The second-order valence-corrected chi connectivity index (χ2v) is 5.77. The van der Waals surface area contributed by atoms with Gasteiger partial charge in [0.15, 0.2) is 0 Å². The molecule has 0 bridgehead atoms. The van der Waals surface area contributed by atoms with Crippen LogP contribution in [0.3, 0.4) is 0 Å². The molecule has 2 heterocycles. The van der Waals surface area contributed by atoms with Crippen LogP contribution in [0.1, 0.15) is 43.8 Å². The van der Waals surface area contributed by atoms with E-state index in [4.69, 9.17) is 4.74 Å². The monoisotopic (exact) mass is 263 g/mol. The Labute approximate surface area is 115 Å². The van der Waals surface area contributed by atoms with Crippen molar-refractivity contribution in [3.63, 3.8) is 0 Å². The van der Waals surface area contributed by atoms with Gasteiger partial charge < -0.3 is 9.30 Å². The number of morpholine rings is 1. The van der Waals surface area contributed by atoms with E-state index in [0.29, 0.717) is 0 Å². The van der Waals surface area contributed by atoms with Crippen molar-refractivity contribution in [2.45, 2.75) is 44.6 Å². The van der Waals surface area contributed by atoms with E-state index in [1.54, 1.807) is 0 Å². The number of aromatic nitrogens is 2. The van der Waals surface area contributed by atoms with E-state index < -0.39 is 0 Å². The fraction of sp³-hybridized carbons (Fsp3) is 0.800. The van der Waals surface area contributed by atoms with Gasteiger partial charge >= 0.3 is 0 Å². The van der Waals surface area contributed by atoms with Crippen LogP contribution in [-0.2, 0) is 11.3 Å². The lowest BCUT2D eigenvalue weighted by molar-refractivity contribution is 0.0369. The van der Waals surface area contributed by atoms with Gasteiger partial charge in [0, 0.05) is 44.5 Å². The highest BCUT2D eigenvalue weighted by Gasteiger charge is 2.21. The van der Waals surface area contributed by atoms with Crippen LogP contribution in [-0.4, -0.2) is 47.3 Å². The zero-order chi connectivity index (χ0) is 12.9. The number of nitrogens with zero attached hydrogens (tertiary/aromatic N) is 3. The molecule has 3 rings (SSSR count). The van der Waals surface area contributed by atoms with Crippen LogP contribution in [0.25, 0.3) is 0 Å². The minimum absolute atomic E-state index is 0.721. The summed E-state index contributed by atoms with van der Waals surface area (Å²) in [5, 5.41) is 0. The third-order valence-corrected chi connectivity index (χ3v) is 4.45. The Kier molecular flexibility index (Phi) is 4.51. The summed E-state index contributed by atoms with van der Waals surface area (Å²) in [5.41, 5.74) is 0. The molecular formula is C15H25N3O. The van der Waals surface area contributed by atoms with E-state index in [2.05, 4.69) is 20.6 Å². The fourth-order valence-corrected chi connectivity index (χ4v) is 3.34. The van der Waals surface area contributed by atoms with E-state index in [-0.39, 0.29) is 0 Å². The van der Waals surface area contributed by atoms with Gasteiger partial charge in [-0.15, -0.1) is 0 Å². The summed E-state index contributed by atoms with van der Waals surface area (Å²) in [4.78, 5) is 7.10. The molecule has 1 aliphatic heterocycles. The maximum atomic E-state index is 5.38. The quantitative estimate of drug-likeness (QED) is 0.816. The number of hydrogen-bond donors (Lipinski definition) is 0. The average Bonchev–Trinajstić information content (AvgIpc) is 3.10. The smallest absolute Gasteiger partial charge is 0.111 e. The Morgan fingerprint density at radius 3 is 2.74 bits per heavy atom. The molecule has 0 amide bonds. The lowest BCUT2D eigenvalue weighted by Gasteiger charge is -2.26. The third-order valence-electron chi connectivity index (χ3n) is 4.45. The van der Waals surface area contributed by atoms with Gasteiger partial charge in [-0.1, -0.05) is 12.8 Å². The Hall–Kier alpha value is -0.870. The first-order chi connectivity index (χ1) is 9.43. The largest absolute Gasteiger partial charge is 0.379 e. The van der Waals surface area contributed by atoms with Crippen molar-refractivity contribution in [2.24, 2.45) is 0 Å². The molecule has 19 heavy (non-hydrogen) atoms. The summed E-state index contributed by atoms with van der Waals surface area (Å²) in [7, 11) is 0. The first kappa shape index (κ1) is 13.1. The highest BCUT2D eigenvalue weighted by atomic mass is 16.5. The Balaban J connectivity index is 1.48. The topological polar surface area (TPSA) is 30.3 Å². The number of rotatable bonds is 5. The molecule has 106 valence electrons. The maximum absolute atomic E-state index is 5.38. The minimum atomic E-state index is 0.721. The van der Waals surface area contributed by atoms with Gasteiger partial charge in [-0.05, 0) is 19.3 Å². The molecule has 1 saturated heterocycles. The lowest BCUT2D eigenvalue weighted by Crippen LogP contribution is -2.37. The molecule has 1 aromatic rings. The lowest BCUT2D eigenvalue weighted by atomic mass is 10.1. The summed E-state index contributed by atoms with van der Waals surface area (Å²) in [6.07, 6.45) is 10.8. The predicted molar refractivity (Wildman–Crippen MR) is 75.3 cm³/mol. The number of hydrogen-bond acceptors (Lipinski definition) is 3. The molecule has 0 aromatic carbocycles. The van der Waals surface area contributed by atoms with Crippen molar-refractivity contribution in [3.8, 4) is 0 Å². The van der Waals surface area contributed by atoms with Gasteiger partial charge in [0.05, 0.1) is 13.2 Å². The molecule has 1 saturated carbocycles. The first-order valence-electron chi connectivity index (χ1n) is 7.74. The maximum Gasteiger partial charge on any atom is 0.111 e. The van der Waals surface area contributed by atoms with Gasteiger partial charge in [0.25, 0.3) is 0 Å². The third kappa shape index (κ3) is 3.37. The van der Waals surface area contributed by atoms with E-state index in [0.717, 1.165) is 38.8 Å². The number of ether oxygens (including phenoxy) is 1. The van der Waals surface area contributed by atoms with Crippen LogP contribution in [0.2, 0.25) is 0 Å². The van der Waals surface area contributed by atoms with Crippen LogP contribution < -0.4 is 0 Å². The number of aryl methyl sites for hydroxylation is 1.